The highest BCUT2D eigenvalue weighted by molar-refractivity contribution is 7.18. The summed E-state index contributed by atoms with van der Waals surface area (Å²) >= 11 is 6.82. The maximum atomic E-state index is 11.9. The van der Waals surface area contributed by atoms with E-state index in [1.165, 1.54) is 10.9 Å². The van der Waals surface area contributed by atoms with E-state index in [-0.39, 0.29) is 0 Å². The quantitative estimate of drug-likeness (QED) is 0.900. The lowest BCUT2D eigenvalue weighted by atomic mass is 10.1. The molecule has 0 spiro atoms. The van der Waals surface area contributed by atoms with E-state index in [1.54, 1.807) is 25.4 Å². The molecule has 1 unspecified atom stereocenters. The Bertz CT molecular complexity index is 622. The van der Waals surface area contributed by atoms with Gasteiger partial charge in [0.1, 0.15) is 0 Å². The number of hydrogen-bond donors (Lipinski definition) is 2. The normalized spacial score (nSPS) is 12.1. The molecule has 6 nitrogen and oxygen atoms in total. The summed E-state index contributed by atoms with van der Waals surface area (Å²) in [4.78, 5) is 23.5. The lowest BCUT2D eigenvalue weighted by molar-refractivity contribution is -0.139. The van der Waals surface area contributed by atoms with Gasteiger partial charge in [-0.2, -0.15) is 5.10 Å². The molecule has 0 fully saturated rings. The largest absolute Gasteiger partial charge is 0.479 e. The van der Waals surface area contributed by atoms with Crippen LogP contribution in [0.5, 0.6) is 0 Å². The molecule has 1 amide bonds. The number of rotatable bonds is 4. The van der Waals surface area contributed by atoms with Gasteiger partial charge in [0.05, 0.1) is 15.4 Å². The third-order valence-electron chi connectivity index (χ3n) is 2.38. The average Bonchev–Trinajstić information content (AvgIpc) is 2.94. The molecule has 0 aliphatic rings. The van der Waals surface area contributed by atoms with Crippen LogP contribution in [0.25, 0.3) is 0 Å². The van der Waals surface area contributed by atoms with Gasteiger partial charge in [-0.05, 0) is 12.1 Å². The number of carbonyl (C=O) groups is 2. The highest BCUT2D eigenvalue weighted by Gasteiger charge is 2.24. The van der Waals surface area contributed by atoms with Crippen molar-refractivity contribution in [1.29, 1.82) is 0 Å². The zero-order chi connectivity index (χ0) is 14.0. The van der Waals surface area contributed by atoms with E-state index in [4.69, 9.17) is 16.7 Å². The maximum absolute atomic E-state index is 11.9. The molecular formula is C11H10ClN3O3S. The van der Waals surface area contributed by atoms with E-state index in [9.17, 15) is 9.59 Å². The minimum absolute atomic E-state index is 0.361. The van der Waals surface area contributed by atoms with Crippen LogP contribution in [0, 0.1) is 0 Å². The van der Waals surface area contributed by atoms with Crippen molar-refractivity contribution in [2.24, 2.45) is 7.05 Å². The first-order valence-electron chi connectivity index (χ1n) is 5.25. The van der Waals surface area contributed by atoms with E-state index in [0.717, 1.165) is 11.3 Å². The summed E-state index contributed by atoms with van der Waals surface area (Å²) in [6, 6.07) is 1.99. The number of halogens is 1. The van der Waals surface area contributed by atoms with Crippen LogP contribution in [0.1, 0.15) is 21.3 Å². The molecular weight excluding hydrogens is 290 g/mol. The van der Waals surface area contributed by atoms with Gasteiger partial charge in [0.25, 0.3) is 5.91 Å². The van der Waals surface area contributed by atoms with Gasteiger partial charge in [0.2, 0.25) is 0 Å². The number of amides is 1. The number of nitrogens with one attached hydrogen (secondary N) is 1. The Morgan fingerprint density at radius 1 is 1.53 bits per heavy atom. The molecule has 2 aromatic heterocycles. The smallest absolute Gasteiger partial charge is 0.331 e. The van der Waals surface area contributed by atoms with E-state index >= 15 is 0 Å². The minimum Gasteiger partial charge on any atom is -0.479 e. The molecule has 0 radical (unpaired) electrons. The Labute approximate surface area is 117 Å². The first kappa shape index (κ1) is 13.6. The number of carbonyl (C=O) groups excluding carboxylic acids is 1. The Balaban J connectivity index is 2.18. The number of aryl methyl sites for hydroxylation is 1. The van der Waals surface area contributed by atoms with Crippen molar-refractivity contribution < 1.29 is 14.7 Å². The van der Waals surface area contributed by atoms with Gasteiger partial charge in [0, 0.05) is 18.8 Å². The third-order valence-corrected chi connectivity index (χ3v) is 3.61. The second kappa shape index (κ2) is 5.41. The highest BCUT2D eigenvalue weighted by atomic mass is 35.5. The van der Waals surface area contributed by atoms with Crippen molar-refractivity contribution >= 4 is 34.8 Å². The molecule has 100 valence electrons. The fourth-order valence-corrected chi connectivity index (χ4v) is 2.46. The molecule has 0 aliphatic heterocycles. The van der Waals surface area contributed by atoms with Crippen molar-refractivity contribution in [1.82, 2.24) is 15.1 Å². The monoisotopic (exact) mass is 299 g/mol. The predicted octanol–water partition coefficient (Wildman–Crippen LogP) is 1.69. The molecule has 2 rings (SSSR count). The van der Waals surface area contributed by atoms with Crippen molar-refractivity contribution in [3.63, 3.8) is 0 Å². The highest BCUT2D eigenvalue weighted by Crippen LogP contribution is 2.22. The Hall–Kier alpha value is -1.86. The summed E-state index contributed by atoms with van der Waals surface area (Å²) in [6.45, 7) is 0. The summed E-state index contributed by atoms with van der Waals surface area (Å²) in [5.41, 5.74) is 0.408. The summed E-state index contributed by atoms with van der Waals surface area (Å²) in [7, 11) is 1.67. The maximum Gasteiger partial charge on any atom is 0.331 e. The lowest BCUT2D eigenvalue weighted by Crippen LogP contribution is -2.33. The molecule has 2 N–H and O–H groups in total. The van der Waals surface area contributed by atoms with Crippen LogP contribution in [0.4, 0.5) is 0 Å². The summed E-state index contributed by atoms with van der Waals surface area (Å²) in [5.74, 6) is -1.63. The topological polar surface area (TPSA) is 84.2 Å². The fraction of sp³-hybridized carbons (Fsp3) is 0.182. The van der Waals surface area contributed by atoms with Crippen LogP contribution < -0.4 is 5.32 Å². The molecule has 19 heavy (non-hydrogen) atoms. The van der Waals surface area contributed by atoms with Gasteiger partial charge in [-0.25, -0.2) is 4.79 Å². The molecule has 0 bridgehead atoms. The van der Waals surface area contributed by atoms with Crippen LogP contribution in [-0.2, 0) is 11.8 Å². The lowest BCUT2D eigenvalue weighted by Gasteiger charge is -2.11. The van der Waals surface area contributed by atoms with Crippen LogP contribution in [0.15, 0.2) is 24.5 Å². The number of nitrogens with zero attached hydrogens (tertiary/aromatic N) is 2. The molecule has 2 aromatic rings. The number of carboxylic acids is 1. The number of carboxylic acid groups (broad SMARTS) is 1. The van der Waals surface area contributed by atoms with E-state index in [0.29, 0.717) is 14.8 Å². The molecule has 0 aromatic carbocycles. The fourth-order valence-electron chi connectivity index (χ4n) is 1.52. The predicted molar refractivity (Wildman–Crippen MR) is 70.4 cm³/mol. The van der Waals surface area contributed by atoms with Gasteiger partial charge >= 0.3 is 5.97 Å². The molecule has 0 saturated heterocycles. The molecule has 2 heterocycles. The van der Waals surface area contributed by atoms with Crippen molar-refractivity contribution in [3.8, 4) is 0 Å². The summed E-state index contributed by atoms with van der Waals surface area (Å²) in [5, 5.41) is 15.5. The first-order chi connectivity index (χ1) is 8.97. The Morgan fingerprint density at radius 3 is 2.74 bits per heavy atom. The van der Waals surface area contributed by atoms with Gasteiger partial charge in [-0.3, -0.25) is 9.48 Å². The zero-order valence-corrected chi connectivity index (χ0v) is 11.4. The number of aromatic nitrogens is 2. The second-order valence-electron chi connectivity index (χ2n) is 3.80. The Morgan fingerprint density at radius 2 is 2.26 bits per heavy atom. The SMILES string of the molecule is Cn1cc(C(NC(=O)c2ccc(Cl)s2)C(=O)O)cn1. The standard InChI is InChI=1S/C11H10ClN3O3S/c1-15-5-6(4-13-15)9(11(17)18)14-10(16)7-2-3-8(12)19-7/h2-5,9H,1H3,(H,14,16)(H,17,18). The minimum atomic E-state index is -1.15. The molecule has 8 heteroatoms. The Kier molecular flexibility index (Phi) is 3.87. The van der Waals surface area contributed by atoms with E-state index in [2.05, 4.69) is 10.4 Å². The van der Waals surface area contributed by atoms with Gasteiger partial charge in [0.15, 0.2) is 6.04 Å². The van der Waals surface area contributed by atoms with Crippen molar-refractivity contribution in [2.45, 2.75) is 6.04 Å². The van der Waals surface area contributed by atoms with Crippen LogP contribution in [-0.4, -0.2) is 26.8 Å². The van der Waals surface area contributed by atoms with Crippen LogP contribution >= 0.6 is 22.9 Å². The third kappa shape index (κ3) is 3.12. The molecule has 0 aliphatic carbocycles. The van der Waals surface area contributed by atoms with Gasteiger partial charge < -0.3 is 10.4 Å². The first-order valence-corrected chi connectivity index (χ1v) is 6.44. The molecule has 1 atom stereocenters. The van der Waals surface area contributed by atoms with E-state index in [1.807, 2.05) is 0 Å². The average molecular weight is 300 g/mol. The van der Waals surface area contributed by atoms with E-state index < -0.39 is 17.9 Å². The summed E-state index contributed by atoms with van der Waals surface area (Å²) in [6.07, 6.45) is 2.95. The molecule has 0 saturated carbocycles. The second-order valence-corrected chi connectivity index (χ2v) is 5.51. The number of aliphatic carboxylic acids is 1. The van der Waals surface area contributed by atoms with Crippen LogP contribution in [0.3, 0.4) is 0 Å². The van der Waals surface area contributed by atoms with Gasteiger partial charge in [-0.1, -0.05) is 11.6 Å². The number of hydrogen-bond acceptors (Lipinski definition) is 4. The summed E-state index contributed by atoms with van der Waals surface area (Å²) < 4.78 is 1.94. The zero-order valence-electron chi connectivity index (χ0n) is 9.83. The van der Waals surface area contributed by atoms with Crippen LogP contribution in [0.2, 0.25) is 4.34 Å². The van der Waals surface area contributed by atoms with Crippen molar-refractivity contribution in [2.75, 3.05) is 0 Å². The van der Waals surface area contributed by atoms with Gasteiger partial charge in [-0.15, -0.1) is 11.3 Å². The van der Waals surface area contributed by atoms with Crippen molar-refractivity contribution in [3.05, 3.63) is 39.3 Å². The number of thiophene rings is 1.